The van der Waals surface area contributed by atoms with E-state index in [-0.39, 0.29) is 17.3 Å². The fraction of sp³-hybridized carbons (Fsp3) is 0.176. The molecule has 0 saturated heterocycles. The van der Waals surface area contributed by atoms with Crippen LogP contribution in [0.15, 0.2) is 41.8 Å². The number of urea groups is 1. The summed E-state index contributed by atoms with van der Waals surface area (Å²) in [5.74, 6) is -1.59. The Kier molecular flexibility index (Phi) is 4.61. The molecule has 3 amide bonds. The zero-order valence-corrected chi connectivity index (χ0v) is 13.6. The van der Waals surface area contributed by atoms with Crippen LogP contribution in [0.1, 0.15) is 21.7 Å². The van der Waals surface area contributed by atoms with Crippen LogP contribution in [0.5, 0.6) is 0 Å². The van der Waals surface area contributed by atoms with Crippen molar-refractivity contribution in [2.75, 3.05) is 18.4 Å². The monoisotopic (exact) mass is 345 g/mol. The van der Waals surface area contributed by atoms with Gasteiger partial charge in [0.25, 0.3) is 5.91 Å². The first-order valence-electron chi connectivity index (χ1n) is 7.43. The summed E-state index contributed by atoms with van der Waals surface area (Å²) in [4.78, 5) is 26.1. The lowest BCUT2D eigenvalue weighted by Gasteiger charge is -2.26. The molecular weight excluding hydrogens is 329 g/mol. The Hall–Kier alpha value is -2.67. The van der Waals surface area contributed by atoms with Crippen LogP contribution in [0.4, 0.5) is 14.9 Å². The van der Waals surface area contributed by atoms with Gasteiger partial charge in [-0.05, 0) is 41.6 Å². The fourth-order valence-corrected chi connectivity index (χ4v) is 3.33. The van der Waals surface area contributed by atoms with Crippen LogP contribution in [-0.2, 0) is 0 Å². The molecule has 0 atom stereocenters. The second kappa shape index (κ2) is 6.84. The third kappa shape index (κ3) is 3.46. The van der Waals surface area contributed by atoms with Gasteiger partial charge >= 0.3 is 6.03 Å². The quantitative estimate of drug-likeness (QED) is 0.895. The Morgan fingerprint density at radius 3 is 2.71 bits per heavy atom. The van der Waals surface area contributed by atoms with Gasteiger partial charge in [0.1, 0.15) is 5.82 Å². The standard InChI is InChI=1S/C17H16FN3O2S/c18-14-10-12(3-4-13(14)16(19)22)20-17(23)21-7-5-11(6-8-21)15-2-1-9-24-15/h1-5,9-10H,6-8H2,(H2,19,22)(H,20,23). The highest BCUT2D eigenvalue weighted by atomic mass is 32.1. The average Bonchev–Trinajstić information content (AvgIpc) is 3.09. The van der Waals surface area contributed by atoms with Gasteiger partial charge in [0.05, 0.1) is 5.56 Å². The minimum absolute atomic E-state index is 0.200. The van der Waals surface area contributed by atoms with Crippen LogP contribution in [0.25, 0.3) is 5.57 Å². The molecule has 2 aromatic rings. The van der Waals surface area contributed by atoms with Crippen LogP contribution in [0, 0.1) is 5.82 Å². The maximum Gasteiger partial charge on any atom is 0.322 e. The molecule has 0 aliphatic carbocycles. The fourth-order valence-electron chi connectivity index (χ4n) is 2.53. The van der Waals surface area contributed by atoms with E-state index in [0.29, 0.717) is 13.1 Å². The number of halogens is 1. The van der Waals surface area contributed by atoms with E-state index < -0.39 is 11.7 Å². The summed E-state index contributed by atoms with van der Waals surface area (Å²) < 4.78 is 13.7. The average molecular weight is 345 g/mol. The number of nitrogens with one attached hydrogen (secondary N) is 1. The van der Waals surface area contributed by atoms with Gasteiger partial charge in [-0.1, -0.05) is 12.1 Å². The Bertz CT molecular complexity index is 802. The first-order chi connectivity index (χ1) is 11.5. The van der Waals surface area contributed by atoms with Crippen molar-refractivity contribution in [1.29, 1.82) is 0 Å². The lowest BCUT2D eigenvalue weighted by Crippen LogP contribution is -2.37. The van der Waals surface area contributed by atoms with E-state index in [0.717, 1.165) is 12.5 Å². The molecule has 1 aromatic carbocycles. The number of rotatable bonds is 3. The largest absolute Gasteiger partial charge is 0.366 e. The topological polar surface area (TPSA) is 75.4 Å². The van der Waals surface area contributed by atoms with Crippen molar-refractivity contribution in [3.8, 4) is 0 Å². The van der Waals surface area contributed by atoms with Crippen LogP contribution < -0.4 is 11.1 Å². The van der Waals surface area contributed by atoms with Crippen molar-refractivity contribution in [3.63, 3.8) is 0 Å². The highest BCUT2D eigenvalue weighted by Gasteiger charge is 2.19. The third-order valence-corrected chi connectivity index (χ3v) is 4.77. The summed E-state index contributed by atoms with van der Waals surface area (Å²) in [5, 5.41) is 4.66. The van der Waals surface area contributed by atoms with Crippen molar-refractivity contribution < 1.29 is 14.0 Å². The van der Waals surface area contributed by atoms with Gasteiger partial charge in [-0.2, -0.15) is 0 Å². The smallest absolute Gasteiger partial charge is 0.322 e. The summed E-state index contributed by atoms with van der Waals surface area (Å²) in [6.45, 7) is 1.10. The van der Waals surface area contributed by atoms with Crippen molar-refractivity contribution in [2.45, 2.75) is 6.42 Å². The van der Waals surface area contributed by atoms with Gasteiger partial charge in [0, 0.05) is 23.7 Å². The first kappa shape index (κ1) is 16.2. The minimum Gasteiger partial charge on any atom is -0.366 e. The molecule has 3 rings (SSSR count). The number of anilines is 1. The number of primary amides is 1. The summed E-state index contributed by atoms with van der Waals surface area (Å²) in [6, 6.07) is 7.58. The highest BCUT2D eigenvalue weighted by Crippen LogP contribution is 2.26. The summed E-state index contributed by atoms with van der Waals surface area (Å²) in [6.07, 6.45) is 2.81. The number of hydrogen-bond acceptors (Lipinski definition) is 3. The molecule has 0 unspecified atom stereocenters. The van der Waals surface area contributed by atoms with Crippen LogP contribution >= 0.6 is 11.3 Å². The Morgan fingerprint density at radius 2 is 2.12 bits per heavy atom. The molecule has 7 heteroatoms. The van der Waals surface area contributed by atoms with Gasteiger partial charge in [-0.25, -0.2) is 9.18 Å². The third-order valence-electron chi connectivity index (χ3n) is 3.82. The minimum atomic E-state index is -0.840. The van der Waals surface area contributed by atoms with E-state index in [4.69, 9.17) is 5.73 Å². The lowest BCUT2D eigenvalue weighted by atomic mass is 10.1. The second-order valence-corrected chi connectivity index (χ2v) is 6.34. The Balaban J connectivity index is 1.64. The molecule has 0 fully saturated rings. The summed E-state index contributed by atoms with van der Waals surface area (Å²) >= 11 is 1.68. The maximum atomic E-state index is 13.7. The molecule has 1 aliphatic rings. The van der Waals surface area contributed by atoms with Gasteiger partial charge < -0.3 is 16.0 Å². The molecule has 1 aromatic heterocycles. The molecule has 1 aliphatic heterocycles. The Labute approximate surface area is 142 Å². The van der Waals surface area contributed by atoms with Crippen LogP contribution in [0.3, 0.4) is 0 Å². The normalized spacial score (nSPS) is 14.2. The molecule has 24 heavy (non-hydrogen) atoms. The van der Waals surface area contributed by atoms with Gasteiger partial charge in [0.2, 0.25) is 0 Å². The second-order valence-electron chi connectivity index (χ2n) is 5.39. The van der Waals surface area contributed by atoms with E-state index in [2.05, 4.69) is 11.4 Å². The van der Waals surface area contributed by atoms with Gasteiger partial charge in [0.15, 0.2) is 0 Å². The molecule has 0 saturated carbocycles. The van der Waals surface area contributed by atoms with Gasteiger partial charge in [-0.3, -0.25) is 4.79 Å². The molecule has 124 valence electrons. The maximum absolute atomic E-state index is 13.7. The summed E-state index contributed by atoms with van der Waals surface area (Å²) in [7, 11) is 0. The zero-order valence-electron chi connectivity index (χ0n) is 12.8. The number of nitrogens with zero attached hydrogens (tertiary/aromatic N) is 1. The molecule has 3 N–H and O–H groups in total. The molecule has 0 bridgehead atoms. The Morgan fingerprint density at radius 1 is 1.29 bits per heavy atom. The SMILES string of the molecule is NC(=O)c1ccc(NC(=O)N2CC=C(c3cccs3)CC2)cc1F. The lowest BCUT2D eigenvalue weighted by molar-refractivity contribution is 0.0996. The first-order valence-corrected chi connectivity index (χ1v) is 8.31. The number of carbonyl (C=O) groups is 2. The highest BCUT2D eigenvalue weighted by molar-refractivity contribution is 7.11. The number of nitrogens with two attached hydrogens (primary N) is 1. The molecule has 0 spiro atoms. The van der Waals surface area contributed by atoms with Crippen molar-refractivity contribution in [2.24, 2.45) is 5.73 Å². The molecule has 0 radical (unpaired) electrons. The van der Waals surface area contributed by atoms with Crippen LogP contribution in [0.2, 0.25) is 0 Å². The van der Waals surface area contributed by atoms with Crippen molar-refractivity contribution in [1.82, 2.24) is 4.90 Å². The van der Waals surface area contributed by atoms with E-state index in [1.54, 1.807) is 16.2 Å². The molecule has 2 heterocycles. The number of carbonyl (C=O) groups excluding carboxylic acids is 2. The number of thiophene rings is 1. The van der Waals surface area contributed by atoms with Crippen molar-refractivity contribution in [3.05, 3.63) is 58.0 Å². The van der Waals surface area contributed by atoms with Crippen molar-refractivity contribution >= 4 is 34.5 Å². The number of hydrogen-bond donors (Lipinski definition) is 2. The molecule has 5 nitrogen and oxygen atoms in total. The number of benzene rings is 1. The van der Waals surface area contributed by atoms with Crippen LogP contribution in [-0.4, -0.2) is 29.9 Å². The van der Waals surface area contributed by atoms with E-state index in [1.165, 1.54) is 22.6 Å². The van der Waals surface area contributed by atoms with E-state index in [9.17, 15) is 14.0 Å². The predicted octanol–water partition coefficient (Wildman–Crippen LogP) is 3.31. The van der Waals surface area contributed by atoms with Gasteiger partial charge in [-0.15, -0.1) is 11.3 Å². The summed E-state index contributed by atoms with van der Waals surface area (Å²) in [5.41, 5.74) is 6.39. The predicted molar refractivity (Wildman–Crippen MR) is 92.4 cm³/mol. The van der Waals surface area contributed by atoms with E-state index in [1.807, 2.05) is 17.5 Å². The number of amides is 3. The van der Waals surface area contributed by atoms with E-state index >= 15 is 0 Å². The molecular formula is C17H16FN3O2S. The zero-order chi connectivity index (χ0) is 17.1.